The molecular weight excluding hydrogens is 540 g/mol. The molecule has 0 atom stereocenters. The normalized spacial score (nSPS) is 17.9. The fourth-order valence-electron chi connectivity index (χ4n) is 4.39. The summed E-state index contributed by atoms with van der Waals surface area (Å²) < 4.78 is 66.2. The van der Waals surface area contributed by atoms with Gasteiger partial charge in [0.05, 0.1) is 17.9 Å². The number of carbonyl (C=O) groups excluding carboxylic acids is 1. The van der Waals surface area contributed by atoms with E-state index in [1.54, 1.807) is 17.0 Å². The van der Waals surface area contributed by atoms with Gasteiger partial charge in [-0.1, -0.05) is 11.6 Å². The molecule has 1 aliphatic heterocycles. The summed E-state index contributed by atoms with van der Waals surface area (Å²) in [6.07, 6.45) is 4.61. The smallest absolute Gasteiger partial charge is 0.267 e. The van der Waals surface area contributed by atoms with Crippen molar-refractivity contribution in [1.29, 1.82) is 0 Å². The number of aromatic nitrogens is 1. The first-order chi connectivity index (χ1) is 17.8. The summed E-state index contributed by atoms with van der Waals surface area (Å²) in [6.45, 7) is 5.10. The predicted octanol–water partition coefficient (Wildman–Crippen LogP) is 4.61. The van der Waals surface area contributed by atoms with Gasteiger partial charge in [0.2, 0.25) is 15.9 Å². The van der Waals surface area contributed by atoms with Gasteiger partial charge in [-0.05, 0) is 68.7 Å². The number of benzene rings is 1. The van der Waals surface area contributed by atoms with E-state index in [1.807, 2.05) is 13.8 Å². The number of piperidine rings is 1. The molecule has 4 rings (SSSR count). The van der Waals surface area contributed by atoms with Crippen molar-refractivity contribution in [1.82, 2.24) is 14.6 Å². The van der Waals surface area contributed by atoms with Crippen LogP contribution in [0.5, 0.6) is 11.6 Å². The zero-order valence-electron chi connectivity index (χ0n) is 21.6. The van der Waals surface area contributed by atoms with Crippen LogP contribution in [0.1, 0.15) is 66.9 Å². The minimum absolute atomic E-state index is 0.0398. The quantitative estimate of drug-likeness (QED) is 0.445. The van der Waals surface area contributed by atoms with Gasteiger partial charge in [-0.15, -0.1) is 0 Å². The van der Waals surface area contributed by atoms with Gasteiger partial charge >= 0.3 is 0 Å². The van der Waals surface area contributed by atoms with Gasteiger partial charge in [0, 0.05) is 31.9 Å². The van der Waals surface area contributed by atoms with Crippen LogP contribution in [0.3, 0.4) is 0 Å². The van der Waals surface area contributed by atoms with Crippen molar-refractivity contribution in [3.8, 4) is 11.6 Å². The zero-order chi connectivity index (χ0) is 27.7. The van der Waals surface area contributed by atoms with Gasteiger partial charge in [0.15, 0.2) is 0 Å². The highest BCUT2D eigenvalue weighted by Gasteiger charge is 2.37. The third-order valence-corrected chi connectivity index (χ3v) is 7.32. The second-order valence-electron chi connectivity index (χ2n) is 10.4. The lowest BCUT2D eigenvalue weighted by Gasteiger charge is -2.36. The topological polar surface area (TPSA) is 97.8 Å². The van der Waals surface area contributed by atoms with Gasteiger partial charge in [0.1, 0.15) is 28.9 Å². The molecule has 208 valence electrons. The maximum atomic E-state index is 15.6. The van der Waals surface area contributed by atoms with Crippen LogP contribution >= 0.6 is 11.6 Å². The molecule has 12 heteroatoms. The van der Waals surface area contributed by atoms with E-state index < -0.39 is 27.4 Å². The highest BCUT2D eigenvalue weighted by molar-refractivity contribution is 7.89. The number of ether oxygens (including phenoxy) is 2. The van der Waals surface area contributed by atoms with Crippen LogP contribution in [-0.2, 0) is 16.6 Å². The van der Waals surface area contributed by atoms with Crippen molar-refractivity contribution in [3.63, 3.8) is 0 Å². The van der Waals surface area contributed by atoms with Crippen molar-refractivity contribution in [3.05, 3.63) is 51.9 Å². The molecular formula is C26H32ClF2N3O5S. The number of alkyl halides is 1. The van der Waals surface area contributed by atoms with Crippen LogP contribution in [0.4, 0.5) is 8.78 Å². The fraction of sp³-hybridized carbons (Fsp3) is 0.538. The Hall–Kier alpha value is -2.50. The second kappa shape index (κ2) is 11.3. The molecule has 0 bridgehead atoms. The van der Waals surface area contributed by atoms with Crippen molar-refractivity contribution in [2.24, 2.45) is 0 Å². The van der Waals surface area contributed by atoms with E-state index in [4.69, 9.17) is 21.1 Å². The van der Waals surface area contributed by atoms with Crippen LogP contribution in [-0.4, -0.2) is 61.9 Å². The molecule has 8 nitrogen and oxygen atoms in total. The molecule has 0 spiro atoms. The summed E-state index contributed by atoms with van der Waals surface area (Å²) >= 11 is 6.28. The van der Waals surface area contributed by atoms with Crippen LogP contribution < -0.4 is 14.2 Å². The van der Waals surface area contributed by atoms with Crippen molar-refractivity contribution in [2.45, 2.75) is 63.8 Å². The molecule has 2 aromatic rings. The van der Waals surface area contributed by atoms with Crippen LogP contribution in [0.25, 0.3) is 0 Å². The number of nitrogens with zero attached hydrogens (tertiary/aromatic N) is 2. The minimum atomic E-state index is -3.85. The largest absolute Gasteiger partial charge is 0.490 e. The molecule has 0 radical (unpaired) electrons. The number of likely N-dealkylation sites (tertiary alicyclic amines) is 1. The highest BCUT2D eigenvalue weighted by atomic mass is 35.5. The summed E-state index contributed by atoms with van der Waals surface area (Å²) in [5.74, 6) is -1.35. The van der Waals surface area contributed by atoms with Gasteiger partial charge in [0.25, 0.3) is 5.91 Å². The Balaban J connectivity index is 1.36. The lowest BCUT2D eigenvalue weighted by molar-refractivity contribution is 0.0148. The molecule has 2 heterocycles. The molecule has 1 aromatic heterocycles. The number of sulfonamides is 1. The summed E-state index contributed by atoms with van der Waals surface area (Å²) in [6, 6.07) is 4.17. The first kappa shape index (κ1) is 28.5. The Kier molecular flexibility index (Phi) is 8.49. The third kappa shape index (κ3) is 7.54. The number of pyridine rings is 1. The number of hydrogen-bond acceptors (Lipinski definition) is 7. The Morgan fingerprint density at radius 2 is 1.95 bits per heavy atom. The minimum Gasteiger partial charge on any atom is -0.490 e. The maximum absolute atomic E-state index is 15.6. The summed E-state index contributed by atoms with van der Waals surface area (Å²) in [5, 5.41) is 0.431. The molecule has 0 unspecified atom stereocenters. The molecule has 1 saturated heterocycles. The SMILES string of the molecule is CC(C)Oc1ncc(CN2CCC(F)(COc3cc(F)c(C(=O)NS(C)(=O)=O)cc3C3CC3)CC2)cc1Cl. The highest BCUT2D eigenvalue weighted by Crippen LogP contribution is 2.45. The molecule has 1 N–H and O–H groups in total. The molecule has 2 fully saturated rings. The number of carbonyl (C=O) groups is 1. The molecule has 1 amide bonds. The Morgan fingerprint density at radius 1 is 1.26 bits per heavy atom. The lowest BCUT2D eigenvalue weighted by atomic mass is 9.94. The number of nitrogens with one attached hydrogen (secondary N) is 1. The third-order valence-electron chi connectivity index (χ3n) is 6.50. The number of halogens is 3. The molecule has 1 saturated carbocycles. The summed E-state index contributed by atoms with van der Waals surface area (Å²) in [7, 11) is -3.85. The van der Waals surface area contributed by atoms with Crippen LogP contribution in [0, 0.1) is 5.82 Å². The maximum Gasteiger partial charge on any atom is 0.267 e. The van der Waals surface area contributed by atoms with E-state index >= 15 is 4.39 Å². The molecule has 1 aliphatic carbocycles. The van der Waals surface area contributed by atoms with Crippen LogP contribution in [0.15, 0.2) is 24.4 Å². The van der Waals surface area contributed by atoms with Gasteiger partial charge in [-0.25, -0.2) is 26.9 Å². The van der Waals surface area contributed by atoms with Crippen molar-refractivity contribution in [2.75, 3.05) is 26.0 Å². The Bertz CT molecular complexity index is 1300. The van der Waals surface area contributed by atoms with Crippen molar-refractivity contribution < 1.29 is 31.5 Å². The molecule has 2 aliphatic rings. The van der Waals surface area contributed by atoms with Gasteiger partial charge in [-0.2, -0.15) is 0 Å². The molecule has 1 aromatic carbocycles. The van der Waals surface area contributed by atoms with Crippen molar-refractivity contribution >= 4 is 27.5 Å². The average molecular weight is 572 g/mol. The zero-order valence-corrected chi connectivity index (χ0v) is 23.2. The van der Waals surface area contributed by atoms with Gasteiger partial charge in [-0.3, -0.25) is 9.69 Å². The van der Waals surface area contributed by atoms with E-state index in [0.717, 1.165) is 30.7 Å². The van der Waals surface area contributed by atoms with E-state index in [9.17, 15) is 17.6 Å². The number of hydrogen-bond donors (Lipinski definition) is 1. The Morgan fingerprint density at radius 3 is 2.53 bits per heavy atom. The average Bonchev–Trinajstić information content (AvgIpc) is 3.65. The first-order valence-corrected chi connectivity index (χ1v) is 14.8. The molecule has 38 heavy (non-hydrogen) atoms. The number of rotatable bonds is 10. The monoisotopic (exact) mass is 571 g/mol. The Labute approximate surface area is 226 Å². The van der Waals surface area contributed by atoms with E-state index in [-0.39, 0.29) is 42.8 Å². The van der Waals surface area contributed by atoms with E-state index in [2.05, 4.69) is 9.88 Å². The van der Waals surface area contributed by atoms with E-state index in [0.29, 0.717) is 36.1 Å². The fourth-order valence-corrected chi connectivity index (χ4v) is 5.07. The second-order valence-corrected chi connectivity index (χ2v) is 12.5. The number of amides is 1. The summed E-state index contributed by atoms with van der Waals surface area (Å²) in [4.78, 5) is 18.6. The standard InChI is InChI=1S/C26H32ClF2N3O5S/c1-16(2)37-25-21(27)10-17(13-30-25)14-32-8-6-26(29,7-9-32)15-36-23-12-22(28)20(11-19(23)18-4-5-18)24(33)31-38(3,34)35/h10-13,16,18H,4-9,14-15H2,1-3H3,(H,31,33). The lowest BCUT2D eigenvalue weighted by Crippen LogP contribution is -2.44. The van der Waals surface area contributed by atoms with Gasteiger partial charge < -0.3 is 9.47 Å². The summed E-state index contributed by atoms with van der Waals surface area (Å²) in [5.41, 5.74) is -0.490. The predicted molar refractivity (Wildman–Crippen MR) is 140 cm³/mol. The van der Waals surface area contributed by atoms with E-state index in [1.165, 1.54) is 6.07 Å². The first-order valence-electron chi connectivity index (χ1n) is 12.5. The van der Waals surface area contributed by atoms with Crippen LogP contribution in [0.2, 0.25) is 5.02 Å².